The number of anilines is 1. The fraction of sp³-hybridized carbons (Fsp3) is 0.367. The number of hydrogen-bond acceptors (Lipinski definition) is 5. The molecule has 3 aromatic rings. The SMILES string of the molecule is CCOC(=O)c1ccc(NC(=O)[C@@H]2N[C@@H](CC(C)(C)C)[C@](C#N)(c3ccc(Cl)cc3F)[C@H]2c2cccc(Cl)c2F)[nH]1. The van der Waals surface area contributed by atoms with E-state index >= 15 is 8.78 Å². The van der Waals surface area contributed by atoms with Crippen molar-refractivity contribution in [2.45, 2.75) is 57.5 Å². The number of halogens is 4. The standard InChI is InChI=1S/C30H30Cl2F2N4O3/c1-5-41-28(40)21-11-12-23(36-21)38-27(39)26-24(17-7-6-8-19(32)25(17)34)30(15-35,22(37-26)14-29(2,3)4)18-10-9-16(31)13-20(18)33/h6-13,22,24,26,36-37H,5,14H2,1-4H3,(H,38,39)/t22-,24-,26+,30-/m0/s1. The van der Waals surface area contributed by atoms with E-state index in [2.05, 4.69) is 21.7 Å². The molecule has 3 N–H and O–H groups in total. The molecule has 0 bridgehead atoms. The number of nitriles is 1. The monoisotopic (exact) mass is 602 g/mol. The number of aromatic amines is 1. The molecule has 1 saturated heterocycles. The van der Waals surface area contributed by atoms with Crippen LogP contribution >= 0.6 is 23.2 Å². The first-order chi connectivity index (χ1) is 19.3. The average Bonchev–Trinajstić information content (AvgIpc) is 3.48. The molecule has 1 aliphatic heterocycles. The number of benzene rings is 2. The summed E-state index contributed by atoms with van der Waals surface area (Å²) in [6.45, 7) is 7.70. The summed E-state index contributed by atoms with van der Waals surface area (Å²) in [5.41, 5.74) is -2.04. The van der Waals surface area contributed by atoms with Gasteiger partial charge >= 0.3 is 5.97 Å². The van der Waals surface area contributed by atoms with Gasteiger partial charge in [-0.25, -0.2) is 13.6 Å². The van der Waals surface area contributed by atoms with Crippen molar-refractivity contribution in [3.63, 3.8) is 0 Å². The van der Waals surface area contributed by atoms with Crippen molar-refractivity contribution in [1.29, 1.82) is 5.26 Å². The smallest absolute Gasteiger partial charge is 0.354 e. The van der Waals surface area contributed by atoms with E-state index in [1.165, 1.54) is 42.5 Å². The first-order valence-electron chi connectivity index (χ1n) is 13.1. The lowest BCUT2D eigenvalue weighted by molar-refractivity contribution is -0.118. The molecule has 4 rings (SSSR count). The molecule has 4 atom stereocenters. The zero-order valence-corrected chi connectivity index (χ0v) is 24.5. The fourth-order valence-electron chi connectivity index (χ4n) is 5.56. The summed E-state index contributed by atoms with van der Waals surface area (Å²) >= 11 is 12.2. The molecule has 41 heavy (non-hydrogen) atoms. The van der Waals surface area contributed by atoms with Gasteiger partial charge in [-0.05, 0) is 54.7 Å². The first kappa shape index (κ1) is 30.5. The summed E-state index contributed by atoms with van der Waals surface area (Å²) in [6, 6.07) is 11.5. The third-order valence-corrected chi connectivity index (χ3v) is 7.70. The van der Waals surface area contributed by atoms with Gasteiger partial charge in [-0.15, -0.1) is 0 Å². The molecule has 0 aliphatic carbocycles. The van der Waals surface area contributed by atoms with E-state index in [0.29, 0.717) is 6.42 Å². The summed E-state index contributed by atoms with van der Waals surface area (Å²) < 4.78 is 36.4. The van der Waals surface area contributed by atoms with E-state index < -0.39 is 46.9 Å². The third kappa shape index (κ3) is 5.96. The van der Waals surface area contributed by atoms with Crippen molar-refractivity contribution in [2.24, 2.45) is 5.41 Å². The van der Waals surface area contributed by atoms with Crippen LogP contribution in [0.5, 0.6) is 0 Å². The van der Waals surface area contributed by atoms with Gasteiger partial charge in [-0.1, -0.05) is 62.2 Å². The molecule has 0 radical (unpaired) electrons. The van der Waals surface area contributed by atoms with Gasteiger partial charge < -0.3 is 20.4 Å². The number of rotatable bonds is 7. The maximum Gasteiger partial charge on any atom is 0.354 e. The molecule has 1 fully saturated rings. The second kappa shape index (κ2) is 11.8. The molecule has 0 spiro atoms. The molecule has 0 unspecified atom stereocenters. The number of amides is 1. The highest BCUT2D eigenvalue weighted by atomic mass is 35.5. The van der Waals surface area contributed by atoms with Crippen LogP contribution in [-0.2, 0) is 14.9 Å². The number of ether oxygens (including phenoxy) is 1. The highest BCUT2D eigenvalue weighted by Gasteiger charge is 2.61. The maximum atomic E-state index is 15.7. The van der Waals surface area contributed by atoms with Crippen LogP contribution in [0.1, 0.15) is 61.6 Å². The predicted octanol–water partition coefficient (Wildman–Crippen LogP) is 6.74. The van der Waals surface area contributed by atoms with Crippen LogP contribution in [0.15, 0.2) is 48.5 Å². The molecule has 1 amide bonds. The molecule has 216 valence electrons. The van der Waals surface area contributed by atoms with E-state index in [9.17, 15) is 14.9 Å². The number of carbonyl (C=O) groups is 2. The number of nitrogens with one attached hydrogen (secondary N) is 3. The Morgan fingerprint density at radius 2 is 1.88 bits per heavy atom. The molecule has 1 aliphatic rings. The Labute approximate surface area is 247 Å². The van der Waals surface area contributed by atoms with Crippen LogP contribution in [0.2, 0.25) is 10.0 Å². The van der Waals surface area contributed by atoms with Gasteiger partial charge in [0.05, 0.1) is 23.7 Å². The maximum absolute atomic E-state index is 15.7. The molecule has 7 nitrogen and oxygen atoms in total. The molecule has 11 heteroatoms. The average molecular weight is 603 g/mol. The molecule has 2 aromatic carbocycles. The van der Waals surface area contributed by atoms with Gasteiger partial charge in [0.1, 0.15) is 28.6 Å². The highest BCUT2D eigenvalue weighted by molar-refractivity contribution is 6.31. The largest absolute Gasteiger partial charge is 0.461 e. The number of aromatic nitrogens is 1. The summed E-state index contributed by atoms with van der Waals surface area (Å²) in [7, 11) is 0. The third-order valence-electron chi connectivity index (χ3n) is 7.17. The Kier molecular flexibility index (Phi) is 8.78. The van der Waals surface area contributed by atoms with Crippen molar-refractivity contribution in [3.8, 4) is 6.07 Å². The van der Waals surface area contributed by atoms with E-state index in [0.717, 1.165) is 6.07 Å². The van der Waals surface area contributed by atoms with Crippen LogP contribution in [-0.4, -0.2) is 35.6 Å². The van der Waals surface area contributed by atoms with Gasteiger partial charge in [0.2, 0.25) is 5.91 Å². The molecule has 1 aromatic heterocycles. The minimum Gasteiger partial charge on any atom is -0.461 e. The van der Waals surface area contributed by atoms with Crippen molar-refractivity contribution < 1.29 is 23.1 Å². The lowest BCUT2D eigenvalue weighted by Crippen LogP contribution is -2.45. The topological polar surface area (TPSA) is 107 Å². The summed E-state index contributed by atoms with van der Waals surface area (Å²) in [5, 5.41) is 16.8. The van der Waals surface area contributed by atoms with E-state index in [1.807, 2.05) is 20.8 Å². The summed E-state index contributed by atoms with van der Waals surface area (Å²) in [5.74, 6) is -3.82. The number of esters is 1. The van der Waals surface area contributed by atoms with Gasteiger partial charge in [0.15, 0.2) is 0 Å². The second-order valence-corrected chi connectivity index (χ2v) is 12.0. The van der Waals surface area contributed by atoms with E-state index in [-0.39, 0.29) is 44.7 Å². The molecular formula is C30H30Cl2F2N4O3. The number of carbonyl (C=O) groups excluding carboxylic acids is 2. The first-order valence-corrected chi connectivity index (χ1v) is 13.8. The van der Waals surface area contributed by atoms with Gasteiger partial charge in [-0.3, -0.25) is 4.79 Å². The number of hydrogen-bond donors (Lipinski definition) is 3. The zero-order chi connectivity index (χ0) is 30.1. The van der Waals surface area contributed by atoms with Crippen molar-refractivity contribution >= 4 is 40.9 Å². The molecule has 0 saturated carbocycles. The van der Waals surface area contributed by atoms with Crippen LogP contribution in [0, 0.1) is 28.4 Å². The van der Waals surface area contributed by atoms with Gasteiger partial charge in [0.25, 0.3) is 0 Å². The highest BCUT2D eigenvalue weighted by Crippen LogP contribution is 2.52. The van der Waals surface area contributed by atoms with Crippen molar-refractivity contribution in [1.82, 2.24) is 10.3 Å². The number of nitrogens with zero attached hydrogens (tertiary/aromatic N) is 1. The quantitative estimate of drug-likeness (QED) is 0.260. The van der Waals surface area contributed by atoms with Crippen LogP contribution in [0.25, 0.3) is 0 Å². The summed E-state index contributed by atoms with van der Waals surface area (Å²) in [6.07, 6.45) is 0.334. The Bertz CT molecular complexity index is 1510. The van der Waals surface area contributed by atoms with Gasteiger partial charge in [0, 0.05) is 22.5 Å². The second-order valence-electron chi connectivity index (χ2n) is 11.2. The van der Waals surface area contributed by atoms with Gasteiger partial charge in [-0.2, -0.15) is 5.26 Å². The van der Waals surface area contributed by atoms with E-state index in [4.69, 9.17) is 27.9 Å². The Morgan fingerprint density at radius 3 is 2.51 bits per heavy atom. The predicted molar refractivity (Wildman–Crippen MR) is 153 cm³/mol. The molecule has 2 heterocycles. The Hall–Kier alpha value is -3.45. The minimum atomic E-state index is -1.75. The van der Waals surface area contributed by atoms with Crippen molar-refractivity contribution in [2.75, 3.05) is 11.9 Å². The summed E-state index contributed by atoms with van der Waals surface area (Å²) in [4.78, 5) is 28.8. The van der Waals surface area contributed by atoms with Crippen LogP contribution < -0.4 is 10.6 Å². The Morgan fingerprint density at radius 1 is 1.15 bits per heavy atom. The van der Waals surface area contributed by atoms with Crippen LogP contribution in [0.4, 0.5) is 14.6 Å². The lowest BCUT2D eigenvalue weighted by Gasteiger charge is -2.37. The fourth-order valence-corrected chi connectivity index (χ4v) is 5.90. The van der Waals surface area contributed by atoms with Crippen LogP contribution in [0.3, 0.4) is 0 Å². The lowest BCUT2D eigenvalue weighted by atomic mass is 9.62. The van der Waals surface area contributed by atoms with E-state index in [1.54, 1.807) is 6.92 Å². The number of H-pyrrole nitrogens is 1. The normalized spacial score (nSPS) is 22.3. The zero-order valence-electron chi connectivity index (χ0n) is 22.9. The minimum absolute atomic E-state index is 0.0174. The van der Waals surface area contributed by atoms with Crippen molar-refractivity contribution in [3.05, 3.63) is 87.0 Å². The Balaban J connectivity index is 1.89. The molecular weight excluding hydrogens is 573 g/mol.